The molecule has 3 aromatic rings. The molecule has 1 N–H and O–H groups in total. The first-order valence-corrected chi connectivity index (χ1v) is 6.75. The minimum Gasteiger partial charge on any atom is -0.366 e. The summed E-state index contributed by atoms with van der Waals surface area (Å²) in [7, 11) is 0. The van der Waals surface area contributed by atoms with Crippen LogP contribution < -0.4 is 5.32 Å². The minimum absolute atomic E-state index is 0.233. The summed E-state index contributed by atoms with van der Waals surface area (Å²) in [6.45, 7) is 2.89. The van der Waals surface area contributed by atoms with E-state index in [0.717, 1.165) is 22.5 Å². The van der Waals surface area contributed by atoms with Gasteiger partial charge in [0, 0.05) is 24.6 Å². The van der Waals surface area contributed by atoms with Crippen LogP contribution in [0.5, 0.6) is 0 Å². The van der Waals surface area contributed by atoms with Gasteiger partial charge in [-0.05, 0) is 35.0 Å². The Balaban J connectivity index is 1.75. The Labute approximate surface area is 118 Å². The van der Waals surface area contributed by atoms with E-state index >= 15 is 0 Å². The maximum absolute atomic E-state index is 4.52. The van der Waals surface area contributed by atoms with Crippen LogP contribution in [0.3, 0.4) is 0 Å². The van der Waals surface area contributed by atoms with E-state index in [-0.39, 0.29) is 6.04 Å². The highest BCUT2D eigenvalue weighted by Gasteiger charge is 2.07. The molecule has 0 saturated heterocycles. The first kappa shape index (κ1) is 12.2. The molecule has 1 atom stereocenters. The summed E-state index contributed by atoms with van der Waals surface area (Å²) < 4.78 is 4.51. The molecular formula is C12H13BrN6. The second kappa shape index (κ2) is 5.00. The zero-order valence-electron chi connectivity index (χ0n) is 10.4. The number of hydrogen-bond donors (Lipinski definition) is 1. The summed E-state index contributed by atoms with van der Waals surface area (Å²) in [5, 5.41) is 11.7. The van der Waals surface area contributed by atoms with E-state index in [1.54, 1.807) is 16.9 Å². The van der Waals surface area contributed by atoms with Crippen LogP contribution in [0.2, 0.25) is 0 Å². The number of nitrogens with one attached hydrogen (secondary N) is 1. The summed E-state index contributed by atoms with van der Waals surface area (Å²) in [5.74, 6) is 0.827. The van der Waals surface area contributed by atoms with Crippen molar-refractivity contribution in [1.29, 1.82) is 0 Å². The third kappa shape index (κ3) is 2.60. The first-order valence-electron chi connectivity index (χ1n) is 5.96. The van der Waals surface area contributed by atoms with Gasteiger partial charge in [0.15, 0.2) is 5.65 Å². The topological polar surface area (TPSA) is 60.0 Å². The van der Waals surface area contributed by atoms with E-state index in [2.05, 4.69) is 43.4 Å². The predicted molar refractivity (Wildman–Crippen MR) is 76.0 cm³/mol. The highest BCUT2D eigenvalue weighted by molar-refractivity contribution is 9.10. The molecule has 3 heterocycles. The Kier molecular flexibility index (Phi) is 3.20. The Morgan fingerprint density at radius 2 is 2.26 bits per heavy atom. The van der Waals surface area contributed by atoms with E-state index in [0.29, 0.717) is 0 Å². The molecule has 7 heteroatoms. The van der Waals surface area contributed by atoms with E-state index in [9.17, 15) is 0 Å². The number of rotatable bonds is 4. The molecular weight excluding hydrogens is 308 g/mol. The molecule has 19 heavy (non-hydrogen) atoms. The first-order chi connectivity index (χ1) is 9.22. The molecule has 0 saturated carbocycles. The van der Waals surface area contributed by atoms with Gasteiger partial charge in [-0.15, -0.1) is 0 Å². The molecule has 0 aliphatic carbocycles. The summed E-state index contributed by atoms with van der Waals surface area (Å²) in [6.07, 6.45) is 7.35. The minimum atomic E-state index is 0.233. The summed E-state index contributed by atoms with van der Waals surface area (Å²) >= 11 is 3.43. The molecule has 0 aliphatic heterocycles. The Morgan fingerprint density at radius 3 is 3.05 bits per heavy atom. The van der Waals surface area contributed by atoms with Gasteiger partial charge < -0.3 is 5.32 Å². The maximum Gasteiger partial charge on any atom is 0.171 e. The van der Waals surface area contributed by atoms with Crippen LogP contribution in [0.1, 0.15) is 6.92 Å². The Morgan fingerprint density at radius 1 is 1.37 bits per heavy atom. The number of aromatic nitrogens is 5. The SMILES string of the molecule is CC(Cn1cccn1)Nc1ccn2ncc(Br)c2n1. The maximum atomic E-state index is 4.52. The fraction of sp³-hybridized carbons (Fsp3) is 0.250. The van der Waals surface area contributed by atoms with E-state index in [1.165, 1.54) is 0 Å². The zero-order valence-corrected chi connectivity index (χ0v) is 11.9. The molecule has 0 spiro atoms. The van der Waals surface area contributed by atoms with Gasteiger partial charge in [-0.1, -0.05) is 0 Å². The van der Waals surface area contributed by atoms with Gasteiger partial charge in [-0.2, -0.15) is 10.2 Å². The normalized spacial score (nSPS) is 12.7. The Hall–Kier alpha value is -1.89. The number of hydrogen-bond acceptors (Lipinski definition) is 4. The number of nitrogens with zero attached hydrogens (tertiary/aromatic N) is 5. The number of fused-ring (bicyclic) bond motifs is 1. The van der Waals surface area contributed by atoms with Crippen LogP contribution in [0.4, 0.5) is 5.82 Å². The molecule has 0 radical (unpaired) electrons. The second-order valence-corrected chi connectivity index (χ2v) is 5.20. The summed E-state index contributed by atoms with van der Waals surface area (Å²) in [4.78, 5) is 4.52. The third-order valence-electron chi connectivity index (χ3n) is 2.74. The van der Waals surface area contributed by atoms with Gasteiger partial charge in [0.2, 0.25) is 0 Å². The molecule has 3 rings (SSSR count). The lowest BCUT2D eigenvalue weighted by molar-refractivity contribution is 0.559. The average Bonchev–Trinajstić information content (AvgIpc) is 3.00. The fourth-order valence-electron chi connectivity index (χ4n) is 1.91. The smallest absolute Gasteiger partial charge is 0.171 e. The summed E-state index contributed by atoms with van der Waals surface area (Å²) in [6, 6.07) is 4.06. The number of halogens is 1. The van der Waals surface area contributed by atoms with Gasteiger partial charge in [-0.25, -0.2) is 9.50 Å². The Bertz CT molecular complexity index is 675. The van der Waals surface area contributed by atoms with Crippen molar-refractivity contribution < 1.29 is 0 Å². The van der Waals surface area contributed by atoms with Gasteiger partial charge >= 0.3 is 0 Å². The van der Waals surface area contributed by atoms with Crippen molar-refractivity contribution in [3.63, 3.8) is 0 Å². The lowest BCUT2D eigenvalue weighted by Crippen LogP contribution is -2.22. The quantitative estimate of drug-likeness (QED) is 0.800. The number of anilines is 1. The second-order valence-electron chi connectivity index (χ2n) is 4.35. The van der Waals surface area contributed by atoms with Gasteiger partial charge in [0.25, 0.3) is 0 Å². The van der Waals surface area contributed by atoms with Crippen LogP contribution in [0, 0.1) is 0 Å². The molecule has 0 aliphatic rings. The van der Waals surface area contributed by atoms with Crippen LogP contribution in [0.15, 0.2) is 41.4 Å². The van der Waals surface area contributed by atoms with Crippen LogP contribution in [-0.2, 0) is 6.54 Å². The monoisotopic (exact) mass is 320 g/mol. The van der Waals surface area contributed by atoms with Crippen LogP contribution in [0.25, 0.3) is 5.65 Å². The van der Waals surface area contributed by atoms with E-state index < -0.39 is 0 Å². The van der Waals surface area contributed by atoms with E-state index in [1.807, 2.05) is 29.2 Å². The fourth-order valence-corrected chi connectivity index (χ4v) is 2.27. The lowest BCUT2D eigenvalue weighted by Gasteiger charge is -2.14. The molecule has 1 unspecified atom stereocenters. The summed E-state index contributed by atoms with van der Waals surface area (Å²) in [5.41, 5.74) is 0.802. The molecule has 0 bridgehead atoms. The van der Waals surface area contributed by atoms with Gasteiger partial charge in [-0.3, -0.25) is 4.68 Å². The van der Waals surface area contributed by atoms with Crippen molar-refractivity contribution in [2.24, 2.45) is 0 Å². The average molecular weight is 321 g/mol. The van der Waals surface area contributed by atoms with Crippen molar-refractivity contribution in [1.82, 2.24) is 24.4 Å². The van der Waals surface area contributed by atoms with Crippen LogP contribution in [-0.4, -0.2) is 30.4 Å². The highest BCUT2D eigenvalue weighted by atomic mass is 79.9. The van der Waals surface area contributed by atoms with Crippen molar-refractivity contribution in [2.45, 2.75) is 19.5 Å². The molecule has 3 aromatic heterocycles. The molecule has 6 nitrogen and oxygen atoms in total. The van der Waals surface area contributed by atoms with E-state index in [4.69, 9.17) is 0 Å². The molecule has 98 valence electrons. The van der Waals surface area contributed by atoms with Crippen LogP contribution >= 0.6 is 15.9 Å². The lowest BCUT2D eigenvalue weighted by atomic mass is 10.3. The van der Waals surface area contributed by atoms with Crippen molar-refractivity contribution in [3.8, 4) is 0 Å². The molecule has 0 fully saturated rings. The van der Waals surface area contributed by atoms with Crippen molar-refractivity contribution in [3.05, 3.63) is 41.4 Å². The standard InChI is InChI=1S/C12H13BrN6/c1-9(8-18-5-2-4-14-18)16-11-3-6-19-12(17-11)10(13)7-15-19/h2-7,9H,8H2,1H3,(H,16,17). The third-order valence-corrected chi connectivity index (χ3v) is 3.30. The van der Waals surface area contributed by atoms with Crippen molar-refractivity contribution in [2.75, 3.05) is 5.32 Å². The van der Waals surface area contributed by atoms with Crippen molar-refractivity contribution >= 4 is 27.4 Å². The highest BCUT2D eigenvalue weighted by Crippen LogP contribution is 2.17. The molecule has 0 amide bonds. The zero-order chi connectivity index (χ0) is 13.2. The molecule has 0 aromatic carbocycles. The van der Waals surface area contributed by atoms with Gasteiger partial charge in [0.05, 0.1) is 17.2 Å². The van der Waals surface area contributed by atoms with Gasteiger partial charge in [0.1, 0.15) is 5.82 Å². The largest absolute Gasteiger partial charge is 0.366 e. The predicted octanol–water partition coefficient (Wildman–Crippen LogP) is 2.19.